The number of carbonyl (C=O) groups excluding carboxylic acids is 3. The number of phenols is 1. The van der Waals surface area contributed by atoms with Gasteiger partial charge in [0.05, 0.1) is 7.11 Å². The number of rotatable bonds is 5. The molecule has 1 aromatic carbocycles. The lowest BCUT2D eigenvalue weighted by Gasteiger charge is -2.10. The van der Waals surface area contributed by atoms with E-state index in [1.54, 1.807) is 0 Å². The molecule has 0 aliphatic rings. The Morgan fingerprint density at radius 1 is 1.29 bits per heavy atom. The maximum atomic E-state index is 11.6. The highest BCUT2D eigenvalue weighted by Crippen LogP contribution is 2.28. The number of phenolic OH excluding ortho intramolecular Hbond substituents is 1. The molecule has 0 spiro atoms. The van der Waals surface area contributed by atoms with Gasteiger partial charge in [-0.2, -0.15) is 0 Å². The SMILES string of the molecule is C=C(C)C(=O)OCC(=O)Oc1cccc(O)c1C(=O)OC. The van der Waals surface area contributed by atoms with Gasteiger partial charge in [0.25, 0.3) is 0 Å². The Kier molecular flexibility index (Phi) is 5.48. The number of aromatic hydroxyl groups is 1. The molecular weight excluding hydrogens is 280 g/mol. The normalized spacial score (nSPS) is 9.62. The first kappa shape index (κ1) is 16.2. The van der Waals surface area contributed by atoms with E-state index in [1.165, 1.54) is 25.1 Å². The van der Waals surface area contributed by atoms with Crippen LogP contribution in [0.5, 0.6) is 11.5 Å². The first-order valence-electron chi connectivity index (χ1n) is 5.80. The summed E-state index contributed by atoms with van der Waals surface area (Å²) in [6.07, 6.45) is 0. The van der Waals surface area contributed by atoms with E-state index in [-0.39, 0.29) is 16.9 Å². The summed E-state index contributed by atoms with van der Waals surface area (Å²) < 4.78 is 14.0. The van der Waals surface area contributed by atoms with Gasteiger partial charge in [0.2, 0.25) is 0 Å². The predicted molar refractivity (Wildman–Crippen MR) is 70.9 cm³/mol. The van der Waals surface area contributed by atoms with E-state index in [4.69, 9.17) is 4.74 Å². The van der Waals surface area contributed by atoms with Crippen LogP contribution in [-0.4, -0.2) is 36.7 Å². The van der Waals surface area contributed by atoms with E-state index >= 15 is 0 Å². The molecule has 21 heavy (non-hydrogen) atoms. The van der Waals surface area contributed by atoms with Crippen LogP contribution in [-0.2, 0) is 19.1 Å². The summed E-state index contributed by atoms with van der Waals surface area (Å²) in [5, 5.41) is 9.61. The van der Waals surface area contributed by atoms with Crippen LogP contribution in [0.3, 0.4) is 0 Å². The summed E-state index contributed by atoms with van der Waals surface area (Å²) in [4.78, 5) is 34.2. The minimum absolute atomic E-state index is 0.135. The zero-order chi connectivity index (χ0) is 16.0. The lowest BCUT2D eigenvalue weighted by molar-refractivity contribution is -0.150. The van der Waals surface area contributed by atoms with E-state index < -0.39 is 30.3 Å². The first-order valence-corrected chi connectivity index (χ1v) is 5.80. The number of esters is 3. The third-order valence-electron chi connectivity index (χ3n) is 2.29. The zero-order valence-corrected chi connectivity index (χ0v) is 11.5. The van der Waals surface area contributed by atoms with Gasteiger partial charge < -0.3 is 19.3 Å². The minimum atomic E-state index is -0.916. The fourth-order valence-corrected chi connectivity index (χ4v) is 1.31. The number of benzene rings is 1. The average Bonchev–Trinajstić information content (AvgIpc) is 2.44. The molecule has 7 nitrogen and oxygen atoms in total. The average molecular weight is 294 g/mol. The summed E-state index contributed by atoms with van der Waals surface area (Å²) in [7, 11) is 1.12. The number of hydrogen-bond acceptors (Lipinski definition) is 7. The van der Waals surface area contributed by atoms with Gasteiger partial charge in [-0.25, -0.2) is 14.4 Å². The Morgan fingerprint density at radius 2 is 1.95 bits per heavy atom. The standard InChI is InChI=1S/C14H14O7/c1-8(2)13(17)20-7-11(16)21-10-6-4-5-9(15)12(10)14(18)19-3/h4-6,15H,1,7H2,2-3H3. The summed E-state index contributed by atoms with van der Waals surface area (Å²) in [6.45, 7) is 4.13. The topological polar surface area (TPSA) is 99.1 Å². The molecule has 0 radical (unpaired) electrons. The van der Waals surface area contributed by atoms with E-state index in [2.05, 4.69) is 16.1 Å². The maximum absolute atomic E-state index is 11.6. The lowest BCUT2D eigenvalue weighted by atomic mass is 10.2. The molecule has 0 fully saturated rings. The van der Waals surface area contributed by atoms with Crippen LogP contribution in [0.1, 0.15) is 17.3 Å². The molecule has 0 heterocycles. The van der Waals surface area contributed by atoms with Crippen molar-refractivity contribution in [1.29, 1.82) is 0 Å². The van der Waals surface area contributed by atoms with Crippen LogP contribution < -0.4 is 4.74 Å². The second-order valence-electron chi connectivity index (χ2n) is 3.97. The van der Waals surface area contributed by atoms with Crippen molar-refractivity contribution in [1.82, 2.24) is 0 Å². The molecule has 112 valence electrons. The lowest BCUT2D eigenvalue weighted by Crippen LogP contribution is -2.20. The van der Waals surface area contributed by atoms with Crippen molar-refractivity contribution in [2.75, 3.05) is 13.7 Å². The van der Waals surface area contributed by atoms with Crippen LogP contribution in [0.25, 0.3) is 0 Å². The van der Waals surface area contributed by atoms with Crippen molar-refractivity contribution in [3.05, 3.63) is 35.9 Å². The molecule has 0 saturated carbocycles. The smallest absolute Gasteiger partial charge is 0.349 e. The summed E-state index contributed by atoms with van der Waals surface area (Å²) in [6, 6.07) is 3.92. The van der Waals surface area contributed by atoms with Crippen molar-refractivity contribution in [3.63, 3.8) is 0 Å². The van der Waals surface area contributed by atoms with Crippen LogP contribution in [0.15, 0.2) is 30.4 Å². The van der Waals surface area contributed by atoms with E-state index in [9.17, 15) is 19.5 Å². The largest absolute Gasteiger partial charge is 0.507 e. The zero-order valence-electron chi connectivity index (χ0n) is 11.5. The quantitative estimate of drug-likeness (QED) is 0.495. The monoisotopic (exact) mass is 294 g/mol. The van der Waals surface area contributed by atoms with E-state index in [0.717, 1.165) is 7.11 Å². The molecule has 7 heteroatoms. The highest BCUT2D eigenvalue weighted by molar-refractivity contribution is 5.96. The molecule has 0 aliphatic carbocycles. The Bertz CT molecular complexity index is 589. The minimum Gasteiger partial charge on any atom is -0.507 e. The van der Waals surface area contributed by atoms with Gasteiger partial charge >= 0.3 is 17.9 Å². The molecule has 1 rings (SSSR count). The number of carbonyl (C=O) groups is 3. The fourth-order valence-electron chi connectivity index (χ4n) is 1.31. The third-order valence-corrected chi connectivity index (χ3v) is 2.29. The van der Waals surface area contributed by atoms with Crippen LogP contribution >= 0.6 is 0 Å². The summed E-state index contributed by atoms with van der Waals surface area (Å²) >= 11 is 0. The molecule has 0 aliphatic heterocycles. The second-order valence-corrected chi connectivity index (χ2v) is 3.97. The number of hydrogen-bond donors (Lipinski definition) is 1. The van der Waals surface area contributed by atoms with Gasteiger partial charge in [0.1, 0.15) is 17.1 Å². The van der Waals surface area contributed by atoms with E-state index in [1.807, 2.05) is 0 Å². The van der Waals surface area contributed by atoms with Crippen molar-refractivity contribution < 1.29 is 33.7 Å². The third kappa shape index (κ3) is 4.34. The fraction of sp³-hybridized carbons (Fsp3) is 0.214. The molecular formula is C14H14O7. The summed E-state index contributed by atoms with van der Waals surface area (Å²) in [5.41, 5.74) is -0.157. The van der Waals surface area contributed by atoms with Gasteiger partial charge in [0, 0.05) is 5.57 Å². The maximum Gasteiger partial charge on any atom is 0.349 e. The highest BCUT2D eigenvalue weighted by atomic mass is 16.6. The van der Waals surface area contributed by atoms with E-state index in [0.29, 0.717) is 0 Å². The summed E-state index contributed by atoms with van der Waals surface area (Å²) in [5.74, 6) is -3.12. The molecule has 0 unspecified atom stereocenters. The predicted octanol–water partition coefficient (Wildman–Crippen LogP) is 1.20. The van der Waals surface area contributed by atoms with Gasteiger partial charge in [0.15, 0.2) is 6.61 Å². The molecule has 0 saturated heterocycles. The van der Waals surface area contributed by atoms with Gasteiger partial charge in [-0.3, -0.25) is 0 Å². The van der Waals surface area contributed by atoms with Gasteiger partial charge in [-0.05, 0) is 19.1 Å². The van der Waals surface area contributed by atoms with Crippen molar-refractivity contribution in [2.45, 2.75) is 6.92 Å². The molecule has 1 N–H and O–H groups in total. The van der Waals surface area contributed by atoms with Crippen molar-refractivity contribution >= 4 is 17.9 Å². The molecule has 0 aromatic heterocycles. The second kappa shape index (κ2) is 7.09. The van der Waals surface area contributed by atoms with Gasteiger partial charge in [-0.15, -0.1) is 0 Å². The molecule has 1 aromatic rings. The number of ether oxygens (including phenoxy) is 3. The molecule has 0 amide bonds. The Labute approximate surface area is 120 Å². The van der Waals surface area contributed by atoms with Crippen LogP contribution in [0, 0.1) is 0 Å². The van der Waals surface area contributed by atoms with Crippen LogP contribution in [0.2, 0.25) is 0 Å². The Hall–Kier alpha value is -2.83. The Morgan fingerprint density at radius 3 is 2.52 bits per heavy atom. The van der Waals surface area contributed by atoms with Gasteiger partial charge in [-0.1, -0.05) is 12.6 Å². The highest BCUT2D eigenvalue weighted by Gasteiger charge is 2.20. The first-order chi connectivity index (χ1) is 9.86. The van der Waals surface area contributed by atoms with Crippen molar-refractivity contribution in [3.8, 4) is 11.5 Å². The number of methoxy groups -OCH3 is 1. The van der Waals surface area contributed by atoms with Crippen molar-refractivity contribution in [2.24, 2.45) is 0 Å². The molecule has 0 bridgehead atoms. The Balaban J connectivity index is 2.81. The van der Waals surface area contributed by atoms with Crippen LogP contribution in [0.4, 0.5) is 0 Å². The molecule has 0 atom stereocenters.